The molecule has 0 aliphatic carbocycles. The first-order valence-corrected chi connectivity index (χ1v) is 5.12. The lowest BCUT2D eigenvalue weighted by atomic mass is 10.3. The monoisotopic (exact) mass is 237 g/mol. The van der Waals surface area contributed by atoms with Crippen LogP contribution in [0, 0.1) is 0 Å². The fourth-order valence-corrected chi connectivity index (χ4v) is 1.32. The Morgan fingerprint density at radius 1 is 1.38 bits per heavy atom. The third-order valence-electron chi connectivity index (χ3n) is 1.50. The van der Waals surface area contributed by atoms with Gasteiger partial charge < -0.3 is 5.32 Å². The molecule has 1 atom stereocenters. The van der Waals surface area contributed by atoms with E-state index in [9.17, 15) is 0 Å². The third-order valence-corrected chi connectivity index (χ3v) is 2.22. The molecule has 0 heterocycles. The summed E-state index contributed by atoms with van der Waals surface area (Å²) in [5.41, 5.74) is 0.821. The lowest BCUT2D eigenvalue weighted by Crippen LogP contribution is -2.10. The Hall–Kier alpha value is -0.110. The molecule has 0 spiro atoms. The maximum Gasteiger partial charge on any atom is 0.0638 e. The molecular weight excluding hydrogens is 228 g/mol. The molecule has 13 heavy (non-hydrogen) atoms. The zero-order valence-electron chi connectivity index (χ0n) is 7.15. The maximum atomic E-state index is 5.92. The minimum Gasteiger partial charge on any atom is -0.382 e. The van der Waals surface area contributed by atoms with Crippen molar-refractivity contribution in [2.75, 3.05) is 11.9 Å². The normalized spacial score (nSPS) is 12.6. The molecule has 0 aliphatic heterocycles. The average molecular weight is 239 g/mol. The number of anilines is 1. The summed E-state index contributed by atoms with van der Waals surface area (Å²) in [7, 11) is 0. The fraction of sp³-hybridized carbons (Fsp3) is 0.333. The smallest absolute Gasteiger partial charge is 0.0638 e. The number of hydrogen-bond donors (Lipinski definition) is 1. The summed E-state index contributed by atoms with van der Waals surface area (Å²) >= 11 is 17.5. The van der Waals surface area contributed by atoms with Crippen LogP contribution in [0.15, 0.2) is 18.2 Å². The second-order valence-corrected chi connectivity index (χ2v) is 4.37. The predicted molar refractivity (Wildman–Crippen MR) is 60.3 cm³/mol. The van der Waals surface area contributed by atoms with E-state index in [1.807, 2.05) is 6.92 Å². The van der Waals surface area contributed by atoms with E-state index in [2.05, 4.69) is 5.32 Å². The highest BCUT2D eigenvalue weighted by atomic mass is 35.5. The SMILES string of the molecule is CC(Cl)CNc1cc(Cl)ccc1Cl. The van der Waals surface area contributed by atoms with Crippen LogP contribution in [0.1, 0.15) is 6.92 Å². The van der Waals surface area contributed by atoms with Crippen LogP contribution in [0.25, 0.3) is 0 Å². The molecule has 0 bridgehead atoms. The van der Waals surface area contributed by atoms with Gasteiger partial charge in [-0.3, -0.25) is 0 Å². The van der Waals surface area contributed by atoms with Gasteiger partial charge in [0, 0.05) is 16.9 Å². The van der Waals surface area contributed by atoms with Crippen LogP contribution in [0.2, 0.25) is 10.0 Å². The van der Waals surface area contributed by atoms with Crippen LogP contribution >= 0.6 is 34.8 Å². The van der Waals surface area contributed by atoms with Crippen molar-refractivity contribution in [2.24, 2.45) is 0 Å². The van der Waals surface area contributed by atoms with Crippen molar-refractivity contribution >= 4 is 40.5 Å². The fourth-order valence-electron chi connectivity index (χ4n) is 0.884. The molecule has 0 radical (unpaired) electrons. The van der Waals surface area contributed by atoms with Gasteiger partial charge in [0.15, 0.2) is 0 Å². The van der Waals surface area contributed by atoms with E-state index in [1.54, 1.807) is 18.2 Å². The Morgan fingerprint density at radius 3 is 2.69 bits per heavy atom. The number of benzene rings is 1. The second-order valence-electron chi connectivity index (χ2n) is 2.79. The highest BCUT2D eigenvalue weighted by molar-refractivity contribution is 6.35. The summed E-state index contributed by atoms with van der Waals surface area (Å²) < 4.78 is 0. The number of rotatable bonds is 3. The molecule has 1 nitrogen and oxygen atoms in total. The van der Waals surface area contributed by atoms with Crippen LogP contribution in [-0.2, 0) is 0 Å². The molecule has 1 rings (SSSR count). The highest BCUT2D eigenvalue weighted by Crippen LogP contribution is 2.25. The van der Waals surface area contributed by atoms with Gasteiger partial charge in [0.1, 0.15) is 0 Å². The first-order chi connectivity index (χ1) is 6.09. The summed E-state index contributed by atoms with van der Waals surface area (Å²) in [5.74, 6) is 0. The number of hydrogen-bond acceptors (Lipinski definition) is 1. The van der Waals surface area contributed by atoms with E-state index in [0.29, 0.717) is 16.6 Å². The predicted octanol–water partition coefficient (Wildman–Crippen LogP) is 4.03. The van der Waals surface area contributed by atoms with Crippen LogP contribution in [-0.4, -0.2) is 11.9 Å². The highest BCUT2D eigenvalue weighted by Gasteiger charge is 2.01. The molecule has 0 aliphatic rings. The minimum atomic E-state index is 0.0649. The number of nitrogens with one attached hydrogen (secondary N) is 1. The summed E-state index contributed by atoms with van der Waals surface area (Å²) in [6.45, 7) is 2.58. The standard InChI is InChI=1S/C9H10Cl3N/c1-6(10)5-13-9-4-7(11)2-3-8(9)12/h2-4,6,13H,5H2,1H3. The number of alkyl halides is 1. The molecule has 0 saturated carbocycles. The first-order valence-electron chi connectivity index (χ1n) is 3.92. The van der Waals surface area contributed by atoms with Crippen molar-refractivity contribution in [1.29, 1.82) is 0 Å². The van der Waals surface area contributed by atoms with Gasteiger partial charge in [0.25, 0.3) is 0 Å². The first kappa shape index (κ1) is 11.0. The van der Waals surface area contributed by atoms with E-state index < -0.39 is 0 Å². The Morgan fingerprint density at radius 2 is 2.08 bits per heavy atom. The van der Waals surface area contributed by atoms with E-state index in [1.165, 1.54) is 0 Å². The molecule has 0 saturated heterocycles. The van der Waals surface area contributed by atoms with Crippen molar-refractivity contribution in [1.82, 2.24) is 0 Å². The van der Waals surface area contributed by atoms with E-state index in [4.69, 9.17) is 34.8 Å². The zero-order chi connectivity index (χ0) is 9.84. The summed E-state index contributed by atoms with van der Waals surface area (Å²) in [6.07, 6.45) is 0. The quantitative estimate of drug-likeness (QED) is 0.784. The van der Waals surface area contributed by atoms with Gasteiger partial charge >= 0.3 is 0 Å². The number of halogens is 3. The van der Waals surface area contributed by atoms with Crippen LogP contribution in [0.4, 0.5) is 5.69 Å². The molecule has 1 aromatic rings. The van der Waals surface area contributed by atoms with Crippen LogP contribution < -0.4 is 5.32 Å². The minimum absolute atomic E-state index is 0.0649. The topological polar surface area (TPSA) is 12.0 Å². The van der Waals surface area contributed by atoms with Gasteiger partial charge in [-0.1, -0.05) is 23.2 Å². The molecular formula is C9H10Cl3N. The molecule has 0 aromatic heterocycles. The Kier molecular flexibility index (Phi) is 4.17. The van der Waals surface area contributed by atoms with E-state index in [-0.39, 0.29) is 5.38 Å². The second kappa shape index (κ2) is 4.94. The summed E-state index contributed by atoms with van der Waals surface area (Å²) in [6, 6.07) is 5.29. The van der Waals surface area contributed by atoms with Gasteiger partial charge in [-0.2, -0.15) is 0 Å². The Bertz CT molecular complexity index is 286. The molecule has 0 fully saturated rings. The van der Waals surface area contributed by atoms with Gasteiger partial charge in [0.2, 0.25) is 0 Å². The van der Waals surface area contributed by atoms with Gasteiger partial charge in [-0.25, -0.2) is 0 Å². The Labute approximate surface area is 93.0 Å². The molecule has 1 N–H and O–H groups in total. The van der Waals surface area contributed by atoms with Gasteiger partial charge in [-0.05, 0) is 25.1 Å². The van der Waals surface area contributed by atoms with Crippen molar-refractivity contribution < 1.29 is 0 Å². The third kappa shape index (κ3) is 3.63. The van der Waals surface area contributed by atoms with E-state index >= 15 is 0 Å². The van der Waals surface area contributed by atoms with Crippen molar-refractivity contribution in [2.45, 2.75) is 12.3 Å². The molecule has 0 amide bonds. The van der Waals surface area contributed by atoms with E-state index in [0.717, 1.165) is 5.69 Å². The molecule has 1 aromatic carbocycles. The molecule has 4 heteroatoms. The largest absolute Gasteiger partial charge is 0.382 e. The molecule has 72 valence electrons. The zero-order valence-corrected chi connectivity index (χ0v) is 9.42. The Balaban J connectivity index is 2.70. The average Bonchev–Trinajstić information content (AvgIpc) is 2.06. The summed E-state index contributed by atoms with van der Waals surface area (Å²) in [4.78, 5) is 0. The maximum absolute atomic E-state index is 5.92. The van der Waals surface area contributed by atoms with Crippen LogP contribution in [0.5, 0.6) is 0 Å². The molecule has 1 unspecified atom stereocenters. The van der Waals surface area contributed by atoms with Crippen molar-refractivity contribution in [3.8, 4) is 0 Å². The van der Waals surface area contributed by atoms with Gasteiger partial charge in [-0.15, -0.1) is 11.6 Å². The lowest BCUT2D eigenvalue weighted by Gasteiger charge is -2.09. The van der Waals surface area contributed by atoms with Crippen LogP contribution in [0.3, 0.4) is 0 Å². The van der Waals surface area contributed by atoms with Gasteiger partial charge in [0.05, 0.1) is 10.7 Å². The summed E-state index contributed by atoms with van der Waals surface area (Å²) in [5, 5.41) is 4.49. The van der Waals surface area contributed by atoms with Crippen molar-refractivity contribution in [3.63, 3.8) is 0 Å². The van der Waals surface area contributed by atoms with Crippen molar-refractivity contribution in [3.05, 3.63) is 28.2 Å². The lowest BCUT2D eigenvalue weighted by molar-refractivity contribution is 0.989.